The molecule has 0 unspecified atom stereocenters. The van der Waals surface area contributed by atoms with Gasteiger partial charge in [-0.05, 0) is 24.1 Å². The number of rotatable bonds is 2. The number of H-pyrrole nitrogens is 1. The minimum atomic E-state index is -0.0684. The first-order valence-corrected chi connectivity index (χ1v) is 4.95. The summed E-state index contributed by atoms with van der Waals surface area (Å²) in [4.78, 5) is 14.3. The van der Waals surface area contributed by atoms with Crippen LogP contribution < -0.4 is 10.3 Å². The first-order chi connectivity index (χ1) is 7.27. The minimum absolute atomic E-state index is 0.0684. The fourth-order valence-electron chi connectivity index (χ4n) is 1.80. The summed E-state index contributed by atoms with van der Waals surface area (Å²) in [5.74, 6) is 0.760. The second kappa shape index (κ2) is 3.77. The molecule has 15 heavy (non-hydrogen) atoms. The summed E-state index contributed by atoms with van der Waals surface area (Å²) in [5, 5.41) is 1.61. The molecule has 0 aliphatic carbocycles. The molecule has 2 aromatic rings. The van der Waals surface area contributed by atoms with Gasteiger partial charge in [-0.1, -0.05) is 13.0 Å². The number of aromatic nitrogens is 1. The molecule has 0 spiro atoms. The molecule has 3 heteroatoms. The number of ether oxygens (including phenoxy) is 1. The van der Waals surface area contributed by atoms with Crippen molar-refractivity contribution in [2.24, 2.45) is 0 Å². The molecule has 0 radical (unpaired) electrons. The third-order valence-corrected chi connectivity index (χ3v) is 2.57. The maximum Gasteiger partial charge on any atom is 0.255 e. The van der Waals surface area contributed by atoms with Crippen molar-refractivity contribution in [2.75, 3.05) is 7.11 Å². The van der Waals surface area contributed by atoms with E-state index in [2.05, 4.69) is 11.9 Å². The highest BCUT2D eigenvalue weighted by Gasteiger charge is 2.07. The highest BCUT2D eigenvalue weighted by Crippen LogP contribution is 2.26. The van der Waals surface area contributed by atoms with Gasteiger partial charge in [0.25, 0.3) is 5.56 Å². The lowest BCUT2D eigenvalue weighted by Gasteiger charge is -2.08. The molecule has 1 heterocycles. The zero-order valence-corrected chi connectivity index (χ0v) is 8.83. The van der Waals surface area contributed by atoms with Gasteiger partial charge in [-0.15, -0.1) is 0 Å². The van der Waals surface area contributed by atoms with Crippen molar-refractivity contribution >= 4 is 10.8 Å². The van der Waals surface area contributed by atoms with Crippen LogP contribution in [-0.4, -0.2) is 12.1 Å². The SMILES string of the molecule is CCc1c[nH]c(=O)c2cccc(OC)c12. The lowest BCUT2D eigenvalue weighted by atomic mass is 10.1. The predicted octanol–water partition coefficient (Wildman–Crippen LogP) is 2.10. The van der Waals surface area contributed by atoms with Crippen molar-refractivity contribution in [1.29, 1.82) is 0 Å². The van der Waals surface area contributed by atoms with Crippen molar-refractivity contribution in [1.82, 2.24) is 4.98 Å². The van der Waals surface area contributed by atoms with Crippen molar-refractivity contribution in [3.63, 3.8) is 0 Å². The zero-order chi connectivity index (χ0) is 10.8. The standard InChI is InChI=1S/C12H13NO2/c1-3-8-7-13-12(14)9-5-4-6-10(15-2)11(8)9/h4-7H,3H2,1-2H3,(H,13,14). The van der Waals surface area contributed by atoms with Crippen LogP contribution in [0.3, 0.4) is 0 Å². The number of aromatic amines is 1. The second-order valence-corrected chi connectivity index (χ2v) is 3.38. The summed E-state index contributed by atoms with van der Waals surface area (Å²) < 4.78 is 5.27. The summed E-state index contributed by atoms with van der Waals surface area (Å²) in [7, 11) is 1.62. The van der Waals surface area contributed by atoms with Gasteiger partial charge in [0, 0.05) is 11.6 Å². The van der Waals surface area contributed by atoms with E-state index in [9.17, 15) is 4.79 Å². The molecule has 78 valence electrons. The first kappa shape index (κ1) is 9.77. The minimum Gasteiger partial charge on any atom is -0.496 e. The first-order valence-electron chi connectivity index (χ1n) is 4.95. The zero-order valence-electron chi connectivity index (χ0n) is 8.83. The molecule has 0 fully saturated rings. The number of benzene rings is 1. The average molecular weight is 203 g/mol. The maximum atomic E-state index is 11.6. The summed E-state index contributed by atoms with van der Waals surface area (Å²) in [6, 6.07) is 5.52. The van der Waals surface area contributed by atoms with E-state index in [4.69, 9.17) is 4.74 Å². The fourth-order valence-corrected chi connectivity index (χ4v) is 1.80. The van der Waals surface area contributed by atoms with Crippen LogP contribution in [0.15, 0.2) is 29.2 Å². The van der Waals surface area contributed by atoms with Crippen molar-refractivity contribution in [3.05, 3.63) is 40.3 Å². The highest BCUT2D eigenvalue weighted by molar-refractivity contribution is 5.90. The van der Waals surface area contributed by atoms with Gasteiger partial charge in [0.2, 0.25) is 0 Å². The number of pyridine rings is 1. The number of fused-ring (bicyclic) bond motifs is 1. The Morgan fingerprint density at radius 1 is 1.40 bits per heavy atom. The summed E-state index contributed by atoms with van der Waals surface area (Å²) >= 11 is 0. The normalized spacial score (nSPS) is 10.5. The summed E-state index contributed by atoms with van der Waals surface area (Å²) in [5.41, 5.74) is 1.03. The molecule has 1 N–H and O–H groups in total. The molecule has 0 aliphatic heterocycles. The molecule has 2 rings (SSSR count). The molecule has 0 bridgehead atoms. The third kappa shape index (κ3) is 1.50. The number of aryl methyl sites for hydroxylation is 1. The third-order valence-electron chi connectivity index (χ3n) is 2.57. The Kier molecular flexibility index (Phi) is 2.46. The van der Waals surface area contributed by atoms with Crippen molar-refractivity contribution in [3.8, 4) is 5.75 Å². The van der Waals surface area contributed by atoms with E-state index >= 15 is 0 Å². The van der Waals surface area contributed by atoms with E-state index in [1.165, 1.54) is 0 Å². The molecule has 0 atom stereocenters. The van der Waals surface area contributed by atoms with Crippen LogP contribution in [-0.2, 0) is 6.42 Å². The van der Waals surface area contributed by atoms with Crippen LogP contribution in [0.5, 0.6) is 5.75 Å². The fraction of sp³-hybridized carbons (Fsp3) is 0.250. The Hall–Kier alpha value is -1.77. The Balaban J connectivity index is 2.94. The highest BCUT2D eigenvalue weighted by atomic mass is 16.5. The smallest absolute Gasteiger partial charge is 0.255 e. The van der Waals surface area contributed by atoms with E-state index in [0.29, 0.717) is 5.39 Å². The van der Waals surface area contributed by atoms with E-state index in [1.54, 1.807) is 13.3 Å². The summed E-state index contributed by atoms with van der Waals surface area (Å²) in [6.45, 7) is 2.06. The van der Waals surface area contributed by atoms with Gasteiger partial charge < -0.3 is 9.72 Å². The lowest BCUT2D eigenvalue weighted by molar-refractivity contribution is 0.419. The Labute approximate surface area is 87.7 Å². The van der Waals surface area contributed by atoms with Gasteiger partial charge in [-0.2, -0.15) is 0 Å². The molecule has 0 saturated heterocycles. The van der Waals surface area contributed by atoms with Gasteiger partial charge in [-0.25, -0.2) is 0 Å². The number of nitrogens with one attached hydrogen (secondary N) is 1. The van der Waals surface area contributed by atoms with E-state index in [0.717, 1.165) is 23.1 Å². The molecule has 0 saturated carbocycles. The van der Waals surface area contributed by atoms with Gasteiger partial charge in [0.05, 0.1) is 12.5 Å². The predicted molar refractivity (Wildman–Crippen MR) is 60.5 cm³/mol. The van der Waals surface area contributed by atoms with Gasteiger partial charge in [-0.3, -0.25) is 4.79 Å². The molecule has 0 aliphatic rings. The molecule has 0 amide bonds. The topological polar surface area (TPSA) is 42.1 Å². The van der Waals surface area contributed by atoms with E-state index in [1.807, 2.05) is 18.2 Å². The molecule has 1 aromatic carbocycles. The van der Waals surface area contributed by atoms with E-state index < -0.39 is 0 Å². The molecule has 1 aromatic heterocycles. The second-order valence-electron chi connectivity index (χ2n) is 3.38. The summed E-state index contributed by atoms with van der Waals surface area (Å²) in [6.07, 6.45) is 2.63. The number of hydrogen-bond acceptors (Lipinski definition) is 2. The molecular formula is C12H13NO2. The number of methoxy groups -OCH3 is 1. The lowest BCUT2D eigenvalue weighted by Crippen LogP contribution is -2.07. The van der Waals surface area contributed by atoms with Crippen LogP contribution in [0.2, 0.25) is 0 Å². The van der Waals surface area contributed by atoms with Crippen LogP contribution in [0.25, 0.3) is 10.8 Å². The number of hydrogen-bond donors (Lipinski definition) is 1. The van der Waals surface area contributed by atoms with Crippen LogP contribution in [0.4, 0.5) is 0 Å². The molecular weight excluding hydrogens is 190 g/mol. The van der Waals surface area contributed by atoms with Crippen LogP contribution in [0, 0.1) is 0 Å². The maximum absolute atomic E-state index is 11.6. The van der Waals surface area contributed by atoms with Gasteiger partial charge in [0.1, 0.15) is 5.75 Å². The largest absolute Gasteiger partial charge is 0.496 e. The quantitative estimate of drug-likeness (QED) is 0.812. The van der Waals surface area contributed by atoms with Crippen LogP contribution in [0.1, 0.15) is 12.5 Å². The van der Waals surface area contributed by atoms with Crippen LogP contribution >= 0.6 is 0 Å². The molecule has 3 nitrogen and oxygen atoms in total. The Bertz CT molecular complexity index is 533. The monoisotopic (exact) mass is 203 g/mol. The van der Waals surface area contributed by atoms with Crippen molar-refractivity contribution in [2.45, 2.75) is 13.3 Å². The van der Waals surface area contributed by atoms with Gasteiger partial charge in [0.15, 0.2) is 0 Å². The van der Waals surface area contributed by atoms with Crippen molar-refractivity contribution < 1.29 is 4.74 Å². The van der Waals surface area contributed by atoms with Gasteiger partial charge >= 0.3 is 0 Å². The Morgan fingerprint density at radius 3 is 2.87 bits per heavy atom. The average Bonchev–Trinajstić information content (AvgIpc) is 2.29. The van der Waals surface area contributed by atoms with E-state index in [-0.39, 0.29) is 5.56 Å². The Morgan fingerprint density at radius 2 is 2.20 bits per heavy atom.